The molecule has 0 saturated carbocycles. The van der Waals surface area contributed by atoms with Crippen molar-refractivity contribution in [3.8, 4) is 12.3 Å². The van der Waals surface area contributed by atoms with Gasteiger partial charge in [0, 0.05) is 6.54 Å². The van der Waals surface area contributed by atoms with Gasteiger partial charge in [0.2, 0.25) is 0 Å². The summed E-state index contributed by atoms with van der Waals surface area (Å²) in [5.74, 6) is 1.21. The Morgan fingerprint density at radius 3 is 2.33 bits per heavy atom. The van der Waals surface area contributed by atoms with Gasteiger partial charge in [-0.05, 0) is 26.2 Å². The predicted octanol–water partition coefficient (Wildman–Crippen LogP) is 1.44. The second kappa shape index (κ2) is 6.90. The molecule has 0 bridgehead atoms. The van der Waals surface area contributed by atoms with Crippen molar-refractivity contribution in [2.24, 2.45) is 11.8 Å². The van der Waals surface area contributed by atoms with E-state index < -0.39 is 23.5 Å². The van der Waals surface area contributed by atoms with Crippen LogP contribution in [-0.2, 0) is 4.79 Å². The van der Waals surface area contributed by atoms with Gasteiger partial charge in [-0.2, -0.15) is 0 Å². The van der Waals surface area contributed by atoms with Crippen LogP contribution in [0, 0.1) is 24.2 Å². The third-order valence-corrected chi connectivity index (χ3v) is 2.40. The number of hydrogen-bond donors (Lipinski definition) is 3. The van der Waals surface area contributed by atoms with Crippen molar-refractivity contribution < 1.29 is 14.7 Å². The smallest absolute Gasteiger partial charge is 0.315 e. The number of carbonyl (C=O) groups is 2. The number of amides is 2. The van der Waals surface area contributed by atoms with Crippen LogP contribution in [0.3, 0.4) is 0 Å². The second-order valence-corrected chi connectivity index (χ2v) is 5.27. The molecule has 0 aromatic rings. The van der Waals surface area contributed by atoms with Gasteiger partial charge in [0.1, 0.15) is 0 Å². The minimum absolute atomic E-state index is 0.0972. The van der Waals surface area contributed by atoms with Crippen LogP contribution >= 0.6 is 0 Å². The molecule has 0 aliphatic carbocycles. The van der Waals surface area contributed by atoms with Crippen LogP contribution in [-0.4, -0.2) is 29.2 Å². The van der Waals surface area contributed by atoms with Crippen molar-refractivity contribution in [3.05, 3.63) is 0 Å². The van der Waals surface area contributed by atoms with Crippen LogP contribution in [0.2, 0.25) is 0 Å². The van der Waals surface area contributed by atoms with E-state index in [1.54, 1.807) is 13.8 Å². The van der Waals surface area contributed by atoms with E-state index in [1.807, 2.05) is 13.8 Å². The molecule has 1 atom stereocenters. The molecule has 1 unspecified atom stereocenters. The van der Waals surface area contributed by atoms with E-state index in [0.29, 0.717) is 6.42 Å². The van der Waals surface area contributed by atoms with Crippen LogP contribution in [0.5, 0.6) is 0 Å². The fourth-order valence-corrected chi connectivity index (χ4v) is 1.42. The summed E-state index contributed by atoms with van der Waals surface area (Å²) in [5, 5.41) is 14.1. The number of hydrogen-bond acceptors (Lipinski definition) is 2. The van der Waals surface area contributed by atoms with Crippen molar-refractivity contribution in [2.45, 2.75) is 39.7 Å². The van der Waals surface area contributed by atoms with Gasteiger partial charge in [-0.15, -0.1) is 6.42 Å². The maximum absolute atomic E-state index is 11.5. The normalized spacial score (nSPS) is 12.7. The first-order chi connectivity index (χ1) is 8.18. The highest BCUT2D eigenvalue weighted by Crippen LogP contribution is 2.11. The van der Waals surface area contributed by atoms with E-state index in [2.05, 4.69) is 16.6 Å². The number of urea groups is 1. The molecule has 0 aliphatic rings. The van der Waals surface area contributed by atoms with Gasteiger partial charge in [0.05, 0.1) is 11.5 Å². The molecular formula is C13H22N2O3. The first-order valence-electron chi connectivity index (χ1n) is 5.94. The van der Waals surface area contributed by atoms with Crippen LogP contribution < -0.4 is 10.6 Å². The van der Waals surface area contributed by atoms with Gasteiger partial charge >= 0.3 is 12.0 Å². The van der Waals surface area contributed by atoms with Crippen LogP contribution in [0.25, 0.3) is 0 Å². The predicted molar refractivity (Wildman–Crippen MR) is 70.0 cm³/mol. The lowest BCUT2D eigenvalue weighted by Gasteiger charge is -2.21. The van der Waals surface area contributed by atoms with Gasteiger partial charge < -0.3 is 15.7 Å². The molecule has 0 rings (SSSR count). The first-order valence-corrected chi connectivity index (χ1v) is 5.94. The zero-order valence-electron chi connectivity index (χ0n) is 11.4. The minimum Gasteiger partial charge on any atom is -0.481 e. The molecule has 5 heteroatoms. The molecule has 0 aromatic carbocycles. The van der Waals surface area contributed by atoms with Crippen LogP contribution in [0.1, 0.15) is 34.1 Å². The Balaban J connectivity index is 4.25. The number of nitrogens with one attached hydrogen (secondary N) is 2. The molecule has 0 spiro atoms. The number of aliphatic carboxylic acids is 1. The lowest BCUT2D eigenvalue weighted by Crippen LogP contribution is -2.49. The average molecular weight is 254 g/mol. The number of carboxylic acid groups (broad SMARTS) is 1. The third-order valence-electron chi connectivity index (χ3n) is 2.40. The zero-order chi connectivity index (χ0) is 14.3. The number of terminal acetylenes is 1. The van der Waals surface area contributed by atoms with Gasteiger partial charge in [-0.3, -0.25) is 4.79 Å². The SMILES string of the molecule is C#CC(C)(C)NC(=O)NCC(CC(C)C)C(=O)O. The Morgan fingerprint density at radius 1 is 1.39 bits per heavy atom. The molecule has 3 N–H and O–H groups in total. The zero-order valence-corrected chi connectivity index (χ0v) is 11.4. The Labute approximate surface area is 108 Å². The highest BCUT2D eigenvalue weighted by atomic mass is 16.4. The van der Waals surface area contributed by atoms with Crippen molar-refractivity contribution in [3.63, 3.8) is 0 Å². The lowest BCUT2D eigenvalue weighted by molar-refractivity contribution is -0.142. The molecule has 0 heterocycles. The molecule has 2 amide bonds. The Morgan fingerprint density at radius 2 is 1.94 bits per heavy atom. The fourth-order valence-electron chi connectivity index (χ4n) is 1.42. The third kappa shape index (κ3) is 6.79. The average Bonchev–Trinajstić information content (AvgIpc) is 2.22. The molecule has 5 nitrogen and oxygen atoms in total. The van der Waals surface area contributed by atoms with Gasteiger partial charge in [-0.1, -0.05) is 19.8 Å². The highest BCUT2D eigenvalue weighted by molar-refractivity contribution is 5.76. The minimum atomic E-state index is -0.903. The summed E-state index contributed by atoms with van der Waals surface area (Å²) < 4.78 is 0. The molecule has 102 valence electrons. The van der Waals surface area contributed by atoms with E-state index in [-0.39, 0.29) is 12.5 Å². The van der Waals surface area contributed by atoms with Crippen molar-refractivity contribution in [2.75, 3.05) is 6.54 Å². The van der Waals surface area contributed by atoms with E-state index in [9.17, 15) is 9.59 Å². The van der Waals surface area contributed by atoms with Gasteiger partial charge in [0.25, 0.3) is 0 Å². The Bertz CT molecular complexity index is 343. The summed E-state index contributed by atoms with van der Waals surface area (Å²) in [6, 6.07) is -0.451. The summed E-state index contributed by atoms with van der Waals surface area (Å²) in [6.45, 7) is 7.36. The summed E-state index contributed by atoms with van der Waals surface area (Å²) in [5.41, 5.74) is -0.749. The maximum atomic E-state index is 11.5. The van der Waals surface area contributed by atoms with E-state index >= 15 is 0 Å². The molecule has 0 saturated heterocycles. The first kappa shape index (κ1) is 16.3. The topological polar surface area (TPSA) is 78.4 Å². The molecule has 0 radical (unpaired) electrons. The van der Waals surface area contributed by atoms with E-state index in [4.69, 9.17) is 11.5 Å². The lowest BCUT2D eigenvalue weighted by atomic mass is 9.97. The quantitative estimate of drug-likeness (QED) is 0.628. The standard InChI is InChI=1S/C13H22N2O3/c1-6-13(4,5)15-12(18)14-8-10(11(16)17)7-9(2)3/h1,9-10H,7-8H2,2-5H3,(H,16,17)(H2,14,15,18). The summed E-state index contributed by atoms with van der Waals surface area (Å²) in [4.78, 5) is 22.5. The number of carbonyl (C=O) groups excluding carboxylic acids is 1. The molecule has 0 aliphatic heterocycles. The maximum Gasteiger partial charge on any atom is 0.315 e. The summed E-state index contributed by atoms with van der Waals surface area (Å²) >= 11 is 0. The van der Waals surface area contributed by atoms with Crippen molar-refractivity contribution in [1.82, 2.24) is 10.6 Å². The molecule has 0 aromatic heterocycles. The van der Waals surface area contributed by atoms with E-state index in [1.165, 1.54) is 0 Å². The molecule has 0 fully saturated rings. The molecule has 18 heavy (non-hydrogen) atoms. The summed E-state index contributed by atoms with van der Waals surface area (Å²) in [6.07, 6.45) is 5.76. The highest BCUT2D eigenvalue weighted by Gasteiger charge is 2.21. The van der Waals surface area contributed by atoms with Crippen LogP contribution in [0.4, 0.5) is 4.79 Å². The number of carboxylic acids is 1. The van der Waals surface area contributed by atoms with Crippen LogP contribution in [0.15, 0.2) is 0 Å². The Hall–Kier alpha value is -1.70. The Kier molecular flexibility index (Phi) is 6.24. The van der Waals surface area contributed by atoms with Crippen molar-refractivity contribution >= 4 is 12.0 Å². The van der Waals surface area contributed by atoms with Gasteiger partial charge in [-0.25, -0.2) is 4.79 Å². The monoisotopic (exact) mass is 254 g/mol. The fraction of sp³-hybridized carbons (Fsp3) is 0.692. The number of rotatable bonds is 6. The second-order valence-electron chi connectivity index (χ2n) is 5.27. The van der Waals surface area contributed by atoms with Crippen molar-refractivity contribution in [1.29, 1.82) is 0 Å². The van der Waals surface area contributed by atoms with E-state index in [0.717, 1.165) is 0 Å². The largest absolute Gasteiger partial charge is 0.481 e. The molecular weight excluding hydrogens is 232 g/mol. The summed E-state index contributed by atoms with van der Waals surface area (Å²) in [7, 11) is 0. The van der Waals surface area contributed by atoms with Gasteiger partial charge in [0.15, 0.2) is 0 Å².